The fraction of sp³-hybridized carbons (Fsp3) is 0.257. The van der Waals surface area contributed by atoms with Crippen molar-refractivity contribution in [2.24, 2.45) is 5.73 Å². The molecule has 0 radical (unpaired) electrons. The molecule has 2 amide bonds. The van der Waals surface area contributed by atoms with Crippen molar-refractivity contribution in [3.8, 4) is 23.0 Å². The first-order valence-corrected chi connectivity index (χ1v) is 14.8. The predicted molar refractivity (Wildman–Crippen MR) is 164 cm³/mol. The maximum atomic E-state index is 14.8. The lowest BCUT2D eigenvalue weighted by Crippen LogP contribution is -2.40. The van der Waals surface area contributed by atoms with Gasteiger partial charge in [-0.15, -0.1) is 0 Å². The van der Waals surface area contributed by atoms with E-state index in [9.17, 15) is 14.0 Å². The van der Waals surface area contributed by atoms with Gasteiger partial charge in [-0.25, -0.2) is 4.39 Å². The number of hydrogen-bond acceptors (Lipinski definition) is 6. The summed E-state index contributed by atoms with van der Waals surface area (Å²) in [6.07, 6.45) is 1.30. The first-order chi connectivity index (χ1) is 21.5. The standard InChI is InChI=1S/C35H34FN3O5/c36-31-11-8-23-18-32(31)44-29-9-10-30-24(20-29)12-15-39(35(41)26-5-2-7-28(22-26)43-17-13-37)34(30)25-4-1-6-27(21-25)42-16-3-14-38-33(40)19-23/h1-2,4-11,18,20-22,34H,3,12-17,19,37H2,(H,38,40). The molecule has 0 saturated heterocycles. The summed E-state index contributed by atoms with van der Waals surface area (Å²) in [5.41, 5.74) is 9.60. The van der Waals surface area contributed by atoms with Crippen molar-refractivity contribution >= 4 is 11.8 Å². The molecule has 226 valence electrons. The molecule has 7 rings (SSSR count). The zero-order chi connectivity index (χ0) is 30.5. The van der Waals surface area contributed by atoms with Crippen molar-refractivity contribution in [3.05, 3.63) is 119 Å². The van der Waals surface area contributed by atoms with Gasteiger partial charge in [0.1, 0.15) is 23.9 Å². The highest BCUT2D eigenvalue weighted by atomic mass is 19.1. The molecule has 0 aromatic heterocycles. The molecule has 3 aliphatic rings. The number of halogens is 1. The molecule has 1 atom stereocenters. The lowest BCUT2D eigenvalue weighted by atomic mass is 9.87. The van der Waals surface area contributed by atoms with E-state index < -0.39 is 11.9 Å². The van der Waals surface area contributed by atoms with E-state index in [4.69, 9.17) is 19.9 Å². The highest BCUT2D eigenvalue weighted by Gasteiger charge is 2.33. The van der Waals surface area contributed by atoms with Crippen LogP contribution in [0.3, 0.4) is 0 Å². The Kier molecular flexibility index (Phi) is 8.74. The molecular weight excluding hydrogens is 561 g/mol. The second kappa shape index (κ2) is 13.2. The smallest absolute Gasteiger partial charge is 0.254 e. The zero-order valence-corrected chi connectivity index (χ0v) is 24.3. The van der Waals surface area contributed by atoms with E-state index in [-0.39, 0.29) is 24.0 Å². The summed E-state index contributed by atoms with van der Waals surface area (Å²) in [6.45, 7) is 2.03. The van der Waals surface area contributed by atoms with Crippen molar-refractivity contribution in [1.29, 1.82) is 0 Å². The Hall–Kier alpha value is -4.89. The van der Waals surface area contributed by atoms with Crippen LogP contribution in [-0.4, -0.2) is 49.6 Å². The maximum absolute atomic E-state index is 14.8. The van der Waals surface area contributed by atoms with E-state index in [1.807, 2.05) is 47.4 Å². The van der Waals surface area contributed by atoms with Crippen molar-refractivity contribution < 1.29 is 28.2 Å². The van der Waals surface area contributed by atoms with Crippen LogP contribution in [0.15, 0.2) is 84.9 Å². The first kappa shape index (κ1) is 29.2. The largest absolute Gasteiger partial charge is 0.494 e. The van der Waals surface area contributed by atoms with Crippen LogP contribution in [-0.2, 0) is 17.6 Å². The number of rotatable bonds is 4. The van der Waals surface area contributed by atoms with Gasteiger partial charge in [0, 0.05) is 25.2 Å². The molecule has 0 fully saturated rings. The summed E-state index contributed by atoms with van der Waals surface area (Å²) in [6, 6.07) is 24.6. The van der Waals surface area contributed by atoms with E-state index in [1.165, 1.54) is 6.07 Å². The number of hydrogen-bond donors (Lipinski definition) is 2. The molecule has 4 aromatic carbocycles. The summed E-state index contributed by atoms with van der Waals surface area (Å²) in [4.78, 5) is 28.4. The van der Waals surface area contributed by atoms with Crippen molar-refractivity contribution in [3.63, 3.8) is 0 Å². The van der Waals surface area contributed by atoms with Gasteiger partial charge in [0.25, 0.3) is 5.91 Å². The van der Waals surface area contributed by atoms with Crippen LogP contribution in [0, 0.1) is 5.82 Å². The number of carbonyl (C=O) groups is 2. The Morgan fingerprint density at radius 3 is 2.80 bits per heavy atom. The van der Waals surface area contributed by atoms with Crippen molar-refractivity contribution in [2.75, 3.05) is 32.8 Å². The summed E-state index contributed by atoms with van der Waals surface area (Å²) in [5.74, 6) is 0.984. The molecule has 0 spiro atoms. The number of ether oxygens (including phenoxy) is 3. The van der Waals surface area contributed by atoms with Gasteiger partial charge >= 0.3 is 0 Å². The normalized spacial score (nSPS) is 16.5. The van der Waals surface area contributed by atoms with Gasteiger partial charge in [0.15, 0.2) is 11.6 Å². The number of carbonyl (C=O) groups excluding carboxylic acids is 2. The van der Waals surface area contributed by atoms with E-state index in [1.54, 1.807) is 36.4 Å². The molecule has 44 heavy (non-hydrogen) atoms. The summed E-state index contributed by atoms with van der Waals surface area (Å²) >= 11 is 0. The van der Waals surface area contributed by atoms with Crippen LogP contribution >= 0.6 is 0 Å². The minimum Gasteiger partial charge on any atom is -0.494 e. The van der Waals surface area contributed by atoms with Crippen LogP contribution in [0.25, 0.3) is 0 Å². The molecule has 0 aliphatic carbocycles. The number of benzene rings is 4. The molecule has 0 saturated carbocycles. The fourth-order valence-corrected chi connectivity index (χ4v) is 5.68. The molecule has 8 bridgehead atoms. The highest BCUT2D eigenvalue weighted by Crippen LogP contribution is 2.39. The van der Waals surface area contributed by atoms with Gasteiger partial charge in [-0.3, -0.25) is 9.59 Å². The minimum atomic E-state index is -0.515. The third-order valence-electron chi connectivity index (χ3n) is 7.75. The topological polar surface area (TPSA) is 103 Å². The first-order valence-electron chi connectivity index (χ1n) is 14.8. The zero-order valence-electron chi connectivity index (χ0n) is 24.3. The number of nitrogens with two attached hydrogens (primary N) is 1. The Morgan fingerprint density at radius 1 is 1.02 bits per heavy atom. The van der Waals surface area contributed by atoms with Crippen LogP contribution < -0.4 is 25.3 Å². The maximum Gasteiger partial charge on any atom is 0.254 e. The molecule has 3 heterocycles. The van der Waals surface area contributed by atoms with Crippen molar-refractivity contribution in [1.82, 2.24) is 10.2 Å². The highest BCUT2D eigenvalue weighted by molar-refractivity contribution is 5.95. The van der Waals surface area contributed by atoms with Gasteiger partial charge in [-0.05, 0) is 89.7 Å². The number of nitrogens with zero attached hydrogens (tertiary/aromatic N) is 1. The predicted octanol–water partition coefficient (Wildman–Crippen LogP) is 5.18. The number of fused-ring (bicyclic) bond motifs is 7. The average molecular weight is 596 g/mol. The monoisotopic (exact) mass is 595 g/mol. The van der Waals surface area contributed by atoms with Gasteiger partial charge in [0.05, 0.1) is 19.1 Å². The average Bonchev–Trinajstić information content (AvgIpc) is 3.04. The molecule has 8 nitrogen and oxygen atoms in total. The second-order valence-electron chi connectivity index (χ2n) is 10.8. The second-order valence-corrected chi connectivity index (χ2v) is 10.8. The third kappa shape index (κ3) is 6.53. The molecule has 9 heteroatoms. The van der Waals surface area contributed by atoms with Crippen LogP contribution in [0.4, 0.5) is 4.39 Å². The van der Waals surface area contributed by atoms with E-state index in [0.29, 0.717) is 74.1 Å². The molecule has 3 N–H and O–H groups in total. The lowest BCUT2D eigenvalue weighted by molar-refractivity contribution is -0.120. The third-order valence-corrected chi connectivity index (χ3v) is 7.75. The van der Waals surface area contributed by atoms with Crippen molar-refractivity contribution in [2.45, 2.75) is 25.3 Å². The van der Waals surface area contributed by atoms with E-state index >= 15 is 0 Å². The number of amides is 2. The van der Waals surface area contributed by atoms with Gasteiger partial charge in [-0.2, -0.15) is 0 Å². The summed E-state index contributed by atoms with van der Waals surface area (Å²) in [7, 11) is 0. The molecule has 4 aromatic rings. The van der Waals surface area contributed by atoms with Crippen LogP contribution in [0.2, 0.25) is 0 Å². The fourth-order valence-electron chi connectivity index (χ4n) is 5.68. The summed E-state index contributed by atoms with van der Waals surface area (Å²) in [5, 5.41) is 2.89. The van der Waals surface area contributed by atoms with Crippen LogP contribution in [0.5, 0.6) is 23.0 Å². The molecular formula is C35H34FN3O5. The minimum absolute atomic E-state index is 0.0511. The van der Waals surface area contributed by atoms with Gasteiger partial charge in [-0.1, -0.05) is 30.3 Å². The van der Waals surface area contributed by atoms with Crippen LogP contribution in [0.1, 0.15) is 45.1 Å². The Balaban J connectivity index is 1.39. The Morgan fingerprint density at radius 2 is 1.91 bits per heavy atom. The number of nitrogens with one attached hydrogen (secondary N) is 1. The quantitative estimate of drug-likeness (QED) is 0.337. The van der Waals surface area contributed by atoms with E-state index in [2.05, 4.69) is 5.32 Å². The Bertz CT molecular complexity index is 1680. The van der Waals surface area contributed by atoms with E-state index in [0.717, 1.165) is 16.7 Å². The molecule has 1 unspecified atom stereocenters. The molecule has 3 aliphatic heterocycles. The lowest BCUT2D eigenvalue weighted by Gasteiger charge is -2.38. The SMILES string of the molecule is NCCOc1cccc(C(=O)N2CCc3cc4ccc3C2c2cccc(c2)OCCCNC(=O)Cc2ccc(F)c(c2)O4)c1. The Labute approximate surface area is 255 Å². The van der Waals surface area contributed by atoms with Gasteiger partial charge in [0.2, 0.25) is 5.91 Å². The van der Waals surface area contributed by atoms with Gasteiger partial charge < -0.3 is 30.2 Å². The summed E-state index contributed by atoms with van der Waals surface area (Å²) < 4.78 is 32.5.